The quantitative estimate of drug-likeness (QED) is 0.771. The van der Waals surface area contributed by atoms with Gasteiger partial charge in [0.25, 0.3) is 0 Å². The molecule has 0 spiro atoms. The van der Waals surface area contributed by atoms with Gasteiger partial charge < -0.3 is 5.32 Å². The van der Waals surface area contributed by atoms with Crippen LogP contribution in [-0.4, -0.2) is 32.5 Å². The maximum absolute atomic E-state index is 12.2. The second kappa shape index (κ2) is 7.64. The van der Waals surface area contributed by atoms with Crippen LogP contribution in [-0.2, 0) is 16.6 Å². The van der Waals surface area contributed by atoms with Crippen molar-refractivity contribution in [3.63, 3.8) is 0 Å². The number of hydrogen-bond donors (Lipinski definition) is 2. The molecule has 0 aliphatic rings. The molecule has 0 saturated carbocycles. The standard InChI is InChI=1S/C12H22N2O2S3/c1-9(2)13-8-11-12(5-6-18-11)19(15,16)14-7-10(3)17-4/h5-6,9-10,13-14H,7-8H2,1-4H3. The van der Waals surface area contributed by atoms with Crippen LogP contribution in [0.3, 0.4) is 0 Å². The van der Waals surface area contributed by atoms with E-state index in [-0.39, 0.29) is 5.25 Å². The highest BCUT2D eigenvalue weighted by Gasteiger charge is 2.20. The molecule has 0 aliphatic heterocycles. The van der Waals surface area contributed by atoms with Crippen LogP contribution in [0.15, 0.2) is 16.3 Å². The third-order valence-corrected chi connectivity index (χ3v) is 6.16. The highest BCUT2D eigenvalue weighted by Crippen LogP contribution is 2.22. The topological polar surface area (TPSA) is 58.2 Å². The van der Waals surface area contributed by atoms with Gasteiger partial charge in [-0.05, 0) is 17.7 Å². The third-order valence-electron chi connectivity index (χ3n) is 2.63. The fourth-order valence-electron chi connectivity index (χ4n) is 1.38. The zero-order valence-electron chi connectivity index (χ0n) is 11.8. The lowest BCUT2D eigenvalue weighted by Gasteiger charge is -2.12. The minimum absolute atomic E-state index is 0.269. The van der Waals surface area contributed by atoms with E-state index in [2.05, 4.69) is 10.0 Å². The predicted octanol–water partition coefficient (Wildman–Crippen LogP) is 2.28. The molecular weight excluding hydrogens is 300 g/mol. The summed E-state index contributed by atoms with van der Waals surface area (Å²) in [4.78, 5) is 1.26. The molecule has 0 saturated heterocycles. The van der Waals surface area contributed by atoms with E-state index < -0.39 is 10.0 Å². The molecule has 0 aromatic carbocycles. The van der Waals surface area contributed by atoms with Crippen LogP contribution >= 0.6 is 23.1 Å². The Morgan fingerprint density at radius 3 is 2.63 bits per heavy atom. The third kappa shape index (κ3) is 5.43. The smallest absolute Gasteiger partial charge is 0.241 e. The van der Waals surface area contributed by atoms with E-state index in [0.29, 0.717) is 24.0 Å². The minimum atomic E-state index is -3.39. The summed E-state index contributed by atoms with van der Waals surface area (Å²) < 4.78 is 27.1. The maximum atomic E-state index is 12.2. The zero-order chi connectivity index (χ0) is 14.5. The highest BCUT2D eigenvalue weighted by atomic mass is 32.2. The zero-order valence-corrected chi connectivity index (χ0v) is 14.2. The van der Waals surface area contributed by atoms with E-state index in [1.807, 2.05) is 32.4 Å². The van der Waals surface area contributed by atoms with Gasteiger partial charge in [0.2, 0.25) is 10.0 Å². The molecule has 1 rings (SSSR count). The van der Waals surface area contributed by atoms with Gasteiger partial charge in [-0.3, -0.25) is 0 Å². The summed E-state index contributed by atoms with van der Waals surface area (Å²) in [5, 5.41) is 5.34. The number of hydrogen-bond acceptors (Lipinski definition) is 5. The first-order chi connectivity index (χ1) is 8.86. The van der Waals surface area contributed by atoms with Gasteiger partial charge >= 0.3 is 0 Å². The Morgan fingerprint density at radius 2 is 2.05 bits per heavy atom. The van der Waals surface area contributed by atoms with Crippen molar-refractivity contribution in [1.29, 1.82) is 0 Å². The summed E-state index contributed by atoms with van der Waals surface area (Å²) in [6, 6.07) is 2.01. The molecule has 0 radical (unpaired) electrons. The molecule has 7 heteroatoms. The molecule has 0 bridgehead atoms. The molecule has 1 aromatic heterocycles. The van der Waals surface area contributed by atoms with Crippen molar-refractivity contribution in [1.82, 2.24) is 10.0 Å². The van der Waals surface area contributed by atoms with Crippen molar-refractivity contribution < 1.29 is 8.42 Å². The monoisotopic (exact) mass is 322 g/mol. The molecule has 0 fully saturated rings. The molecule has 1 heterocycles. The molecular formula is C12H22N2O2S3. The Bertz CT molecular complexity index is 483. The van der Waals surface area contributed by atoms with Crippen molar-refractivity contribution in [2.75, 3.05) is 12.8 Å². The fourth-order valence-corrected chi connectivity index (χ4v) is 4.26. The Kier molecular flexibility index (Phi) is 6.82. The largest absolute Gasteiger partial charge is 0.310 e. The second-order valence-electron chi connectivity index (χ2n) is 4.64. The Balaban J connectivity index is 2.75. The fraction of sp³-hybridized carbons (Fsp3) is 0.667. The van der Waals surface area contributed by atoms with E-state index in [0.717, 1.165) is 4.88 Å². The van der Waals surface area contributed by atoms with E-state index >= 15 is 0 Å². The SMILES string of the molecule is CSC(C)CNS(=O)(=O)c1ccsc1CNC(C)C. The average molecular weight is 323 g/mol. The second-order valence-corrected chi connectivity index (χ2v) is 8.65. The summed E-state index contributed by atoms with van der Waals surface area (Å²) >= 11 is 3.12. The van der Waals surface area contributed by atoms with Crippen LogP contribution in [0.25, 0.3) is 0 Å². The molecule has 4 nitrogen and oxygen atoms in total. The lowest BCUT2D eigenvalue weighted by molar-refractivity contribution is 0.571. The maximum Gasteiger partial charge on any atom is 0.241 e. The first-order valence-corrected chi connectivity index (χ1v) is 9.84. The Labute approximate surface area is 124 Å². The Hall–Kier alpha value is -0.0800. The van der Waals surface area contributed by atoms with Crippen molar-refractivity contribution in [2.24, 2.45) is 0 Å². The summed E-state index contributed by atoms with van der Waals surface area (Å²) in [6.07, 6.45) is 1.97. The van der Waals surface area contributed by atoms with E-state index in [1.165, 1.54) is 11.3 Å². The molecule has 0 aliphatic carbocycles. The van der Waals surface area contributed by atoms with Gasteiger partial charge in [-0.25, -0.2) is 13.1 Å². The van der Waals surface area contributed by atoms with Crippen LogP contribution in [0.2, 0.25) is 0 Å². The van der Waals surface area contributed by atoms with Gasteiger partial charge in [0, 0.05) is 29.3 Å². The predicted molar refractivity (Wildman–Crippen MR) is 84.5 cm³/mol. The van der Waals surface area contributed by atoms with Crippen molar-refractivity contribution in [2.45, 2.75) is 43.5 Å². The van der Waals surface area contributed by atoms with E-state index in [9.17, 15) is 8.42 Å². The van der Waals surface area contributed by atoms with Crippen molar-refractivity contribution in [3.8, 4) is 0 Å². The van der Waals surface area contributed by atoms with E-state index in [4.69, 9.17) is 0 Å². The first-order valence-electron chi connectivity index (χ1n) is 6.19. The van der Waals surface area contributed by atoms with Crippen LogP contribution in [0.5, 0.6) is 0 Å². The van der Waals surface area contributed by atoms with Crippen LogP contribution < -0.4 is 10.0 Å². The van der Waals surface area contributed by atoms with Crippen LogP contribution in [0.1, 0.15) is 25.6 Å². The molecule has 2 N–H and O–H groups in total. The van der Waals surface area contributed by atoms with Gasteiger partial charge in [0.1, 0.15) is 0 Å². The number of thioether (sulfide) groups is 1. The van der Waals surface area contributed by atoms with Crippen molar-refractivity contribution in [3.05, 3.63) is 16.3 Å². The molecule has 1 unspecified atom stereocenters. The number of sulfonamides is 1. The summed E-state index contributed by atoms with van der Waals surface area (Å²) in [5.41, 5.74) is 0. The normalized spacial score (nSPS) is 13.9. The number of rotatable bonds is 8. The van der Waals surface area contributed by atoms with Gasteiger partial charge in [0.05, 0.1) is 4.90 Å². The average Bonchev–Trinajstić information content (AvgIpc) is 2.82. The van der Waals surface area contributed by atoms with Gasteiger partial charge in [-0.15, -0.1) is 11.3 Å². The molecule has 19 heavy (non-hydrogen) atoms. The lowest BCUT2D eigenvalue weighted by Crippen LogP contribution is -2.30. The molecule has 1 aromatic rings. The van der Waals surface area contributed by atoms with Crippen LogP contribution in [0.4, 0.5) is 0 Å². The summed E-state index contributed by atoms with van der Waals surface area (Å²) in [5.74, 6) is 0. The Morgan fingerprint density at radius 1 is 1.37 bits per heavy atom. The van der Waals surface area contributed by atoms with Gasteiger partial charge in [-0.2, -0.15) is 11.8 Å². The number of thiophene rings is 1. The van der Waals surface area contributed by atoms with Gasteiger partial charge in [-0.1, -0.05) is 20.8 Å². The molecule has 110 valence electrons. The molecule has 0 amide bonds. The van der Waals surface area contributed by atoms with E-state index in [1.54, 1.807) is 17.8 Å². The highest BCUT2D eigenvalue weighted by molar-refractivity contribution is 7.99. The lowest BCUT2D eigenvalue weighted by atomic mass is 10.4. The summed E-state index contributed by atoms with van der Waals surface area (Å²) in [6.45, 7) is 7.13. The first kappa shape index (κ1) is 17.0. The minimum Gasteiger partial charge on any atom is -0.310 e. The van der Waals surface area contributed by atoms with Crippen LogP contribution in [0, 0.1) is 0 Å². The van der Waals surface area contributed by atoms with Gasteiger partial charge in [0.15, 0.2) is 0 Å². The molecule has 1 atom stereocenters. The number of nitrogens with one attached hydrogen (secondary N) is 2. The van der Waals surface area contributed by atoms with Crippen molar-refractivity contribution >= 4 is 33.1 Å². The summed E-state index contributed by atoms with van der Waals surface area (Å²) in [7, 11) is -3.39.